The van der Waals surface area contributed by atoms with Gasteiger partial charge in [-0.15, -0.1) is 0 Å². The SMILES string of the molecule is CC.CCCc1cc(C(=O)NC(C)C)ccn1. The van der Waals surface area contributed by atoms with Gasteiger partial charge in [-0.25, -0.2) is 0 Å². The van der Waals surface area contributed by atoms with Gasteiger partial charge in [-0.05, 0) is 32.4 Å². The summed E-state index contributed by atoms with van der Waals surface area (Å²) >= 11 is 0. The summed E-state index contributed by atoms with van der Waals surface area (Å²) in [7, 11) is 0. The molecule has 0 unspecified atom stereocenters. The summed E-state index contributed by atoms with van der Waals surface area (Å²) < 4.78 is 0. The number of carbonyl (C=O) groups excluding carboxylic acids is 1. The first-order valence-electron chi connectivity index (χ1n) is 6.39. The highest BCUT2D eigenvalue weighted by Gasteiger charge is 2.07. The maximum atomic E-state index is 11.7. The van der Waals surface area contributed by atoms with Crippen molar-refractivity contribution >= 4 is 5.91 Å². The van der Waals surface area contributed by atoms with Crippen molar-refractivity contribution in [1.29, 1.82) is 0 Å². The van der Waals surface area contributed by atoms with Crippen LogP contribution in [0.15, 0.2) is 18.3 Å². The van der Waals surface area contributed by atoms with E-state index in [2.05, 4.69) is 17.2 Å². The molecule has 0 aliphatic rings. The Morgan fingerprint density at radius 3 is 2.59 bits per heavy atom. The zero-order chi connectivity index (χ0) is 13.3. The molecule has 0 fully saturated rings. The second-order valence-corrected chi connectivity index (χ2v) is 3.91. The van der Waals surface area contributed by atoms with Gasteiger partial charge in [0.25, 0.3) is 5.91 Å². The molecule has 0 saturated heterocycles. The monoisotopic (exact) mass is 236 g/mol. The first-order valence-corrected chi connectivity index (χ1v) is 6.39. The first-order chi connectivity index (χ1) is 8.13. The van der Waals surface area contributed by atoms with Crippen LogP contribution in [-0.4, -0.2) is 16.9 Å². The summed E-state index contributed by atoms with van der Waals surface area (Å²) in [6, 6.07) is 3.78. The van der Waals surface area contributed by atoms with E-state index in [-0.39, 0.29) is 11.9 Å². The minimum atomic E-state index is -0.0234. The van der Waals surface area contributed by atoms with E-state index in [0.717, 1.165) is 18.5 Å². The van der Waals surface area contributed by atoms with Crippen LogP contribution in [0.2, 0.25) is 0 Å². The van der Waals surface area contributed by atoms with Crippen LogP contribution >= 0.6 is 0 Å². The van der Waals surface area contributed by atoms with E-state index >= 15 is 0 Å². The molecular weight excluding hydrogens is 212 g/mol. The van der Waals surface area contributed by atoms with Gasteiger partial charge in [0.2, 0.25) is 0 Å². The van der Waals surface area contributed by atoms with Crippen LogP contribution in [0.5, 0.6) is 0 Å². The van der Waals surface area contributed by atoms with Crippen molar-refractivity contribution in [1.82, 2.24) is 10.3 Å². The smallest absolute Gasteiger partial charge is 0.251 e. The molecule has 1 aromatic rings. The predicted octanol–water partition coefficient (Wildman–Crippen LogP) is 3.20. The Morgan fingerprint density at radius 2 is 2.06 bits per heavy atom. The van der Waals surface area contributed by atoms with E-state index in [9.17, 15) is 4.79 Å². The largest absolute Gasteiger partial charge is 0.350 e. The molecule has 1 heterocycles. The van der Waals surface area contributed by atoms with E-state index in [1.54, 1.807) is 12.3 Å². The highest BCUT2D eigenvalue weighted by Crippen LogP contribution is 2.04. The number of amides is 1. The second-order valence-electron chi connectivity index (χ2n) is 3.91. The molecule has 1 rings (SSSR count). The lowest BCUT2D eigenvalue weighted by molar-refractivity contribution is 0.0943. The summed E-state index contributed by atoms with van der Waals surface area (Å²) in [5, 5.41) is 2.86. The minimum absolute atomic E-state index is 0.0234. The maximum Gasteiger partial charge on any atom is 0.251 e. The van der Waals surface area contributed by atoms with Gasteiger partial charge in [-0.3, -0.25) is 9.78 Å². The Labute approximate surface area is 105 Å². The summed E-state index contributed by atoms with van der Waals surface area (Å²) in [6.45, 7) is 10.0. The van der Waals surface area contributed by atoms with Gasteiger partial charge in [-0.1, -0.05) is 27.2 Å². The number of nitrogens with one attached hydrogen (secondary N) is 1. The van der Waals surface area contributed by atoms with Crippen molar-refractivity contribution in [3.63, 3.8) is 0 Å². The van der Waals surface area contributed by atoms with E-state index in [4.69, 9.17) is 0 Å². The molecule has 0 bridgehead atoms. The molecule has 1 N–H and O–H groups in total. The lowest BCUT2D eigenvalue weighted by atomic mass is 10.1. The van der Waals surface area contributed by atoms with Gasteiger partial charge in [-0.2, -0.15) is 0 Å². The zero-order valence-electron chi connectivity index (χ0n) is 11.6. The summed E-state index contributed by atoms with van der Waals surface area (Å²) in [5.41, 5.74) is 1.68. The van der Waals surface area contributed by atoms with Crippen LogP contribution < -0.4 is 5.32 Å². The van der Waals surface area contributed by atoms with Crippen LogP contribution in [0.3, 0.4) is 0 Å². The molecule has 0 radical (unpaired) electrons. The molecule has 1 aromatic heterocycles. The molecule has 0 saturated carbocycles. The van der Waals surface area contributed by atoms with Crippen molar-refractivity contribution in [3.8, 4) is 0 Å². The van der Waals surface area contributed by atoms with Crippen LogP contribution in [0, 0.1) is 0 Å². The topological polar surface area (TPSA) is 42.0 Å². The average Bonchev–Trinajstić information content (AvgIpc) is 2.31. The number of pyridine rings is 1. The third-order valence-corrected chi connectivity index (χ3v) is 2.00. The molecule has 0 aliphatic carbocycles. The Kier molecular flexibility index (Phi) is 8.03. The molecule has 0 aromatic carbocycles. The predicted molar refractivity (Wildman–Crippen MR) is 72.2 cm³/mol. The molecule has 17 heavy (non-hydrogen) atoms. The molecule has 3 heteroatoms. The lowest BCUT2D eigenvalue weighted by Gasteiger charge is -2.08. The van der Waals surface area contributed by atoms with Crippen LogP contribution in [-0.2, 0) is 6.42 Å². The van der Waals surface area contributed by atoms with Crippen LogP contribution in [0.1, 0.15) is 57.1 Å². The highest BCUT2D eigenvalue weighted by molar-refractivity contribution is 5.94. The number of hydrogen-bond acceptors (Lipinski definition) is 2. The summed E-state index contributed by atoms with van der Waals surface area (Å²) in [5.74, 6) is -0.0234. The Hall–Kier alpha value is -1.38. The fraction of sp³-hybridized carbons (Fsp3) is 0.571. The minimum Gasteiger partial charge on any atom is -0.350 e. The maximum absolute atomic E-state index is 11.7. The summed E-state index contributed by atoms with van der Waals surface area (Å²) in [6.07, 6.45) is 3.66. The van der Waals surface area contributed by atoms with Crippen LogP contribution in [0.25, 0.3) is 0 Å². The zero-order valence-corrected chi connectivity index (χ0v) is 11.6. The Bertz CT molecular complexity index is 335. The molecule has 0 spiro atoms. The van der Waals surface area contributed by atoms with Gasteiger partial charge < -0.3 is 5.32 Å². The Morgan fingerprint density at radius 1 is 1.41 bits per heavy atom. The molecule has 0 atom stereocenters. The third-order valence-electron chi connectivity index (χ3n) is 2.00. The third kappa shape index (κ3) is 6.05. The van der Waals surface area contributed by atoms with E-state index < -0.39 is 0 Å². The standard InChI is InChI=1S/C12H18N2O.C2H6/c1-4-5-11-8-10(6-7-13-11)12(15)14-9(2)3;1-2/h6-9H,4-5H2,1-3H3,(H,14,15);1-2H3. The first kappa shape index (κ1) is 15.6. The number of nitrogens with zero attached hydrogens (tertiary/aromatic N) is 1. The van der Waals surface area contributed by atoms with E-state index in [1.807, 2.05) is 33.8 Å². The van der Waals surface area contributed by atoms with Crippen molar-refractivity contribution < 1.29 is 4.79 Å². The van der Waals surface area contributed by atoms with Crippen molar-refractivity contribution in [2.24, 2.45) is 0 Å². The molecule has 96 valence electrons. The van der Waals surface area contributed by atoms with E-state index in [0.29, 0.717) is 5.56 Å². The number of aryl methyl sites for hydroxylation is 1. The Balaban J connectivity index is 0.00000121. The van der Waals surface area contributed by atoms with Crippen LogP contribution in [0.4, 0.5) is 0 Å². The molecule has 0 aliphatic heterocycles. The quantitative estimate of drug-likeness (QED) is 0.872. The molecule has 1 amide bonds. The number of hydrogen-bond donors (Lipinski definition) is 1. The van der Waals surface area contributed by atoms with Gasteiger partial charge in [0.15, 0.2) is 0 Å². The van der Waals surface area contributed by atoms with Crippen molar-refractivity contribution in [2.45, 2.75) is 53.5 Å². The second kappa shape index (κ2) is 8.74. The molecule has 3 nitrogen and oxygen atoms in total. The number of rotatable bonds is 4. The van der Waals surface area contributed by atoms with Gasteiger partial charge in [0, 0.05) is 23.5 Å². The van der Waals surface area contributed by atoms with Gasteiger partial charge in [0.1, 0.15) is 0 Å². The normalized spacial score (nSPS) is 9.53. The van der Waals surface area contributed by atoms with Crippen molar-refractivity contribution in [3.05, 3.63) is 29.6 Å². The van der Waals surface area contributed by atoms with Gasteiger partial charge in [0.05, 0.1) is 0 Å². The lowest BCUT2D eigenvalue weighted by Crippen LogP contribution is -2.30. The number of aromatic nitrogens is 1. The fourth-order valence-electron chi connectivity index (χ4n) is 1.36. The average molecular weight is 236 g/mol. The molecular formula is C14H24N2O. The van der Waals surface area contributed by atoms with Gasteiger partial charge >= 0.3 is 0 Å². The van der Waals surface area contributed by atoms with E-state index in [1.165, 1.54) is 0 Å². The number of carbonyl (C=O) groups is 1. The fourth-order valence-corrected chi connectivity index (χ4v) is 1.36. The summed E-state index contributed by atoms with van der Waals surface area (Å²) in [4.78, 5) is 15.9. The van der Waals surface area contributed by atoms with Crippen molar-refractivity contribution in [2.75, 3.05) is 0 Å². The highest BCUT2D eigenvalue weighted by atomic mass is 16.1.